The van der Waals surface area contributed by atoms with Crippen LogP contribution in [0.5, 0.6) is 0 Å². The molecule has 19 heavy (non-hydrogen) atoms. The van der Waals surface area contributed by atoms with Crippen LogP contribution < -0.4 is 0 Å². The number of amides is 1. The van der Waals surface area contributed by atoms with Crippen LogP contribution in [0, 0.1) is 0 Å². The maximum atomic E-state index is 12.4. The fourth-order valence-electron chi connectivity index (χ4n) is 3.06. The van der Waals surface area contributed by atoms with Crippen LogP contribution in [-0.4, -0.2) is 53.4 Å². The summed E-state index contributed by atoms with van der Waals surface area (Å²) in [5.41, 5.74) is 1.11. The monoisotopic (exact) mass is 259 g/mol. The highest BCUT2D eigenvalue weighted by Crippen LogP contribution is 2.28. The first-order valence-electron chi connectivity index (χ1n) is 7.15. The predicted octanol–water partition coefficient (Wildman–Crippen LogP) is 1.49. The van der Waals surface area contributed by atoms with Gasteiger partial charge < -0.3 is 4.90 Å². The Morgan fingerprint density at radius 2 is 2.16 bits per heavy atom. The van der Waals surface area contributed by atoms with Gasteiger partial charge in [-0.15, -0.1) is 0 Å². The smallest absolute Gasteiger partial charge is 0.239 e. The van der Waals surface area contributed by atoms with Crippen LogP contribution in [0.4, 0.5) is 0 Å². The second-order valence-corrected chi connectivity index (χ2v) is 5.69. The number of carbonyl (C=O) groups is 1. The van der Waals surface area contributed by atoms with E-state index in [2.05, 4.69) is 23.0 Å². The van der Waals surface area contributed by atoms with Crippen molar-refractivity contribution in [3.05, 3.63) is 30.1 Å². The molecule has 0 radical (unpaired) electrons. The van der Waals surface area contributed by atoms with Gasteiger partial charge in [0.05, 0.1) is 6.04 Å². The summed E-state index contributed by atoms with van der Waals surface area (Å²) in [6.45, 7) is 2.72. The highest BCUT2D eigenvalue weighted by molar-refractivity contribution is 5.83. The van der Waals surface area contributed by atoms with Gasteiger partial charge in [-0.05, 0) is 38.6 Å². The Morgan fingerprint density at radius 1 is 1.32 bits per heavy atom. The number of hydrogen-bond acceptors (Lipinski definition) is 3. The summed E-state index contributed by atoms with van der Waals surface area (Å²) in [6, 6.07) is 6.11. The van der Waals surface area contributed by atoms with Crippen molar-refractivity contribution in [1.29, 1.82) is 0 Å². The standard InChI is InChI=1S/C15H21N3O/c1-17-9-5-3-7-14(17)15(19)18-10-12(11-18)13-6-2-4-8-16-13/h2,4,6,8,12,14H,3,5,7,9-11H2,1H3/t14-/m1/s1. The Morgan fingerprint density at radius 3 is 2.84 bits per heavy atom. The second-order valence-electron chi connectivity index (χ2n) is 5.69. The molecule has 4 nitrogen and oxygen atoms in total. The lowest BCUT2D eigenvalue weighted by atomic mass is 9.93. The molecule has 1 amide bonds. The fraction of sp³-hybridized carbons (Fsp3) is 0.600. The third kappa shape index (κ3) is 2.50. The molecule has 1 aromatic heterocycles. The molecule has 2 saturated heterocycles. The molecule has 2 aliphatic rings. The zero-order valence-corrected chi connectivity index (χ0v) is 11.5. The van der Waals surface area contributed by atoms with E-state index in [9.17, 15) is 4.79 Å². The van der Waals surface area contributed by atoms with Gasteiger partial charge in [-0.3, -0.25) is 14.7 Å². The number of piperidine rings is 1. The van der Waals surface area contributed by atoms with Crippen molar-refractivity contribution in [3.63, 3.8) is 0 Å². The molecule has 0 bridgehead atoms. The first kappa shape index (κ1) is 12.6. The summed E-state index contributed by atoms with van der Waals surface area (Å²) in [4.78, 5) is 21.0. The summed E-state index contributed by atoms with van der Waals surface area (Å²) >= 11 is 0. The number of rotatable bonds is 2. The number of likely N-dealkylation sites (N-methyl/N-ethyl adjacent to an activating group) is 1. The normalized spacial score (nSPS) is 25.1. The van der Waals surface area contributed by atoms with Crippen molar-refractivity contribution >= 4 is 5.91 Å². The lowest BCUT2D eigenvalue weighted by Crippen LogP contribution is -2.56. The molecule has 0 aromatic carbocycles. The minimum Gasteiger partial charge on any atom is -0.340 e. The Bertz CT molecular complexity index is 442. The van der Waals surface area contributed by atoms with Crippen molar-refractivity contribution in [2.45, 2.75) is 31.2 Å². The molecule has 0 saturated carbocycles. The van der Waals surface area contributed by atoms with E-state index in [1.54, 1.807) is 0 Å². The van der Waals surface area contributed by atoms with E-state index in [0.717, 1.165) is 31.7 Å². The maximum Gasteiger partial charge on any atom is 0.239 e. The third-order valence-corrected chi connectivity index (χ3v) is 4.35. The first-order valence-corrected chi connectivity index (χ1v) is 7.15. The number of hydrogen-bond donors (Lipinski definition) is 0. The van der Waals surface area contributed by atoms with Gasteiger partial charge in [-0.2, -0.15) is 0 Å². The molecule has 1 aromatic rings. The fourth-order valence-corrected chi connectivity index (χ4v) is 3.06. The molecule has 2 fully saturated rings. The second kappa shape index (κ2) is 5.29. The van der Waals surface area contributed by atoms with Gasteiger partial charge in [0, 0.05) is 30.9 Å². The number of nitrogens with zero attached hydrogens (tertiary/aromatic N) is 3. The van der Waals surface area contributed by atoms with E-state index in [4.69, 9.17) is 0 Å². The molecule has 4 heteroatoms. The summed E-state index contributed by atoms with van der Waals surface area (Å²) in [5, 5.41) is 0. The van der Waals surface area contributed by atoms with Crippen LogP contribution >= 0.6 is 0 Å². The van der Waals surface area contributed by atoms with Crippen LogP contribution in [0.2, 0.25) is 0 Å². The maximum absolute atomic E-state index is 12.4. The Hall–Kier alpha value is -1.42. The third-order valence-electron chi connectivity index (χ3n) is 4.35. The van der Waals surface area contributed by atoms with Crippen LogP contribution in [-0.2, 0) is 4.79 Å². The molecule has 1 atom stereocenters. The highest BCUT2D eigenvalue weighted by Gasteiger charge is 2.37. The Balaban J connectivity index is 1.57. The molecule has 3 rings (SSSR count). The van der Waals surface area contributed by atoms with E-state index in [0.29, 0.717) is 11.8 Å². The Kier molecular flexibility index (Phi) is 3.51. The zero-order chi connectivity index (χ0) is 13.2. The van der Waals surface area contributed by atoms with Gasteiger partial charge in [-0.25, -0.2) is 0 Å². The van der Waals surface area contributed by atoms with Crippen LogP contribution in [0.1, 0.15) is 30.9 Å². The molecular formula is C15H21N3O. The highest BCUT2D eigenvalue weighted by atomic mass is 16.2. The van der Waals surface area contributed by atoms with E-state index >= 15 is 0 Å². The van der Waals surface area contributed by atoms with Gasteiger partial charge in [-0.1, -0.05) is 12.5 Å². The zero-order valence-electron chi connectivity index (χ0n) is 11.5. The number of carbonyl (C=O) groups excluding carboxylic acids is 1. The molecular weight excluding hydrogens is 238 g/mol. The molecule has 102 valence electrons. The van der Waals surface area contributed by atoms with Crippen molar-refractivity contribution in [1.82, 2.24) is 14.8 Å². The number of likely N-dealkylation sites (tertiary alicyclic amines) is 2. The topological polar surface area (TPSA) is 36.4 Å². The van der Waals surface area contributed by atoms with E-state index in [1.165, 1.54) is 12.8 Å². The van der Waals surface area contributed by atoms with Crippen molar-refractivity contribution < 1.29 is 4.79 Å². The predicted molar refractivity (Wildman–Crippen MR) is 73.8 cm³/mol. The van der Waals surface area contributed by atoms with Gasteiger partial charge in [0.15, 0.2) is 0 Å². The van der Waals surface area contributed by atoms with Crippen molar-refractivity contribution in [3.8, 4) is 0 Å². The lowest BCUT2D eigenvalue weighted by molar-refractivity contribution is -0.142. The van der Waals surface area contributed by atoms with Crippen LogP contribution in [0.3, 0.4) is 0 Å². The largest absolute Gasteiger partial charge is 0.340 e. The average Bonchev–Trinajstić information content (AvgIpc) is 2.38. The minimum absolute atomic E-state index is 0.110. The quantitative estimate of drug-likeness (QED) is 0.807. The Labute approximate surface area is 114 Å². The van der Waals surface area contributed by atoms with Gasteiger partial charge in [0.25, 0.3) is 0 Å². The summed E-state index contributed by atoms with van der Waals surface area (Å²) in [6.07, 6.45) is 5.24. The molecule has 2 aliphatic heterocycles. The van der Waals surface area contributed by atoms with Crippen molar-refractivity contribution in [2.24, 2.45) is 0 Å². The SMILES string of the molecule is CN1CCCC[C@@H]1C(=O)N1CC(c2ccccn2)C1. The van der Waals surface area contributed by atoms with Gasteiger partial charge in [0.1, 0.15) is 0 Å². The van der Waals surface area contributed by atoms with E-state index < -0.39 is 0 Å². The minimum atomic E-state index is 0.110. The molecule has 0 N–H and O–H groups in total. The molecule has 0 unspecified atom stereocenters. The first-order chi connectivity index (χ1) is 9.25. The molecule has 3 heterocycles. The average molecular weight is 259 g/mol. The number of pyridine rings is 1. The molecule has 0 spiro atoms. The molecule has 0 aliphatic carbocycles. The van der Waals surface area contributed by atoms with Crippen LogP contribution in [0.15, 0.2) is 24.4 Å². The van der Waals surface area contributed by atoms with Gasteiger partial charge in [0.2, 0.25) is 5.91 Å². The summed E-state index contributed by atoms with van der Waals surface area (Å²) < 4.78 is 0. The number of aromatic nitrogens is 1. The van der Waals surface area contributed by atoms with E-state index in [-0.39, 0.29) is 6.04 Å². The lowest BCUT2D eigenvalue weighted by Gasteiger charge is -2.43. The van der Waals surface area contributed by atoms with Gasteiger partial charge >= 0.3 is 0 Å². The van der Waals surface area contributed by atoms with Crippen molar-refractivity contribution in [2.75, 3.05) is 26.7 Å². The summed E-state index contributed by atoms with van der Waals surface area (Å²) in [7, 11) is 2.07. The van der Waals surface area contributed by atoms with Crippen LogP contribution in [0.25, 0.3) is 0 Å². The van der Waals surface area contributed by atoms with E-state index in [1.807, 2.05) is 23.2 Å². The summed E-state index contributed by atoms with van der Waals surface area (Å²) in [5.74, 6) is 0.744.